The first-order valence-corrected chi connectivity index (χ1v) is 9.76. The van der Waals surface area contributed by atoms with Gasteiger partial charge in [0.15, 0.2) is 5.17 Å². The van der Waals surface area contributed by atoms with Crippen molar-refractivity contribution < 1.29 is 22.5 Å². The number of sulfonamides is 1. The van der Waals surface area contributed by atoms with Crippen molar-refractivity contribution in [3.05, 3.63) is 58.4 Å². The van der Waals surface area contributed by atoms with Crippen LogP contribution in [0.25, 0.3) is 0 Å². The Morgan fingerprint density at radius 2 is 1.96 bits per heavy atom. The summed E-state index contributed by atoms with van der Waals surface area (Å²) in [6.45, 7) is 0. The van der Waals surface area contributed by atoms with Crippen LogP contribution in [0.15, 0.2) is 51.8 Å². The number of halogens is 1. The Kier molecular flexibility index (Phi) is 5.10. The topological polar surface area (TPSA) is 131 Å². The molecule has 140 valence electrons. The first-order chi connectivity index (χ1) is 12.7. The molecular weight excluding hydrogens is 399 g/mol. The van der Waals surface area contributed by atoms with Crippen molar-refractivity contribution in [2.75, 3.05) is 16.4 Å². The molecule has 0 aliphatic carbocycles. The molecule has 2 N–H and O–H groups in total. The molecule has 0 saturated carbocycles. The van der Waals surface area contributed by atoms with E-state index in [0.717, 1.165) is 23.9 Å². The summed E-state index contributed by atoms with van der Waals surface area (Å²) in [5.41, 5.74) is 0.423. The van der Waals surface area contributed by atoms with Crippen LogP contribution in [-0.2, 0) is 14.8 Å². The van der Waals surface area contributed by atoms with Crippen molar-refractivity contribution in [2.24, 2.45) is 4.40 Å². The van der Waals surface area contributed by atoms with Gasteiger partial charge in [0, 0.05) is 17.8 Å². The summed E-state index contributed by atoms with van der Waals surface area (Å²) < 4.78 is 40.9. The minimum atomic E-state index is -4.06. The van der Waals surface area contributed by atoms with E-state index in [-0.39, 0.29) is 27.2 Å². The molecule has 12 heteroatoms. The Morgan fingerprint density at radius 1 is 1.26 bits per heavy atom. The highest BCUT2D eigenvalue weighted by molar-refractivity contribution is 8.15. The lowest BCUT2D eigenvalue weighted by molar-refractivity contribution is -0.384. The molecule has 2 aromatic rings. The predicted molar refractivity (Wildman–Crippen MR) is 98.8 cm³/mol. The maximum absolute atomic E-state index is 13.2. The largest absolute Gasteiger partial charge is 0.333 e. The van der Waals surface area contributed by atoms with E-state index < -0.39 is 26.7 Å². The van der Waals surface area contributed by atoms with Gasteiger partial charge in [0.1, 0.15) is 10.7 Å². The fourth-order valence-electron chi connectivity index (χ4n) is 2.17. The number of nitrogens with one attached hydrogen (secondary N) is 2. The zero-order valence-corrected chi connectivity index (χ0v) is 15.0. The average molecular weight is 410 g/mol. The number of fused-ring (bicyclic) bond motifs is 1. The van der Waals surface area contributed by atoms with Crippen LogP contribution in [0.2, 0.25) is 0 Å². The molecule has 0 saturated heterocycles. The van der Waals surface area contributed by atoms with Crippen LogP contribution in [0, 0.1) is 15.9 Å². The van der Waals surface area contributed by atoms with E-state index in [4.69, 9.17) is 0 Å². The van der Waals surface area contributed by atoms with E-state index in [1.54, 1.807) is 0 Å². The van der Waals surface area contributed by atoms with Crippen LogP contribution >= 0.6 is 11.8 Å². The number of hydrogen-bond donors (Lipinski definition) is 2. The predicted octanol–water partition coefficient (Wildman–Crippen LogP) is 2.58. The number of nitro benzene ring substituents is 1. The zero-order chi connectivity index (χ0) is 19.6. The molecule has 27 heavy (non-hydrogen) atoms. The standard InChI is InChI=1S/C15H11FN4O5S2/c16-9-1-6-12-13(7-9)27(24,25)19-15(18-12)26-8-14(21)17-10-2-4-11(5-3-10)20(22)23/h1-7H,8H2,(H,17,21)(H,18,19). The molecule has 0 aromatic heterocycles. The van der Waals surface area contributed by atoms with Crippen LogP contribution in [0.1, 0.15) is 0 Å². The molecule has 1 amide bonds. The van der Waals surface area contributed by atoms with Gasteiger partial charge in [-0.25, -0.2) is 4.39 Å². The van der Waals surface area contributed by atoms with E-state index in [1.807, 2.05) is 0 Å². The van der Waals surface area contributed by atoms with Gasteiger partial charge in [0.25, 0.3) is 15.7 Å². The number of amidine groups is 1. The Balaban J connectivity index is 1.63. The highest BCUT2D eigenvalue weighted by Gasteiger charge is 2.26. The van der Waals surface area contributed by atoms with Gasteiger partial charge in [0.05, 0.1) is 16.4 Å². The minimum Gasteiger partial charge on any atom is -0.333 e. The second kappa shape index (κ2) is 7.32. The van der Waals surface area contributed by atoms with Gasteiger partial charge in [-0.3, -0.25) is 14.9 Å². The molecule has 2 aromatic carbocycles. The number of thioether (sulfide) groups is 1. The number of carbonyl (C=O) groups excluding carboxylic acids is 1. The second-order valence-corrected chi connectivity index (χ2v) is 7.81. The fourth-order valence-corrected chi connectivity index (χ4v) is 4.22. The van der Waals surface area contributed by atoms with Crippen molar-refractivity contribution in [3.8, 4) is 0 Å². The van der Waals surface area contributed by atoms with Crippen LogP contribution in [0.4, 0.5) is 21.5 Å². The lowest BCUT2D eigenvalue weighted by atomic mass is 10.3. The van der Waals surface area contributed by atoms with Crippen LogP contribution in [-0.4, -0.2) is 30.2 Å². The highest BCUT2D eigenvalue weighted by Crippen LogP contribution is 2.30. The number of hydrogen-bond acceptors (Lipinski definition) is 7. The van der Waals surface area contributed by atoms with Crippen molar-refractivity contribution in [1.82, 2.24) is 0 Å². The lowest BCUT2D eigenvalue weighted by Gasteiger charge is -2.17. The fraction of sp³-hybridized carbons (Fsp3) is 0.0667. The highest BCUT2D eigenvalue weighted by atomic mass is 32.2. The first kappa shape index (κ1) is 18.8. The van der Waals surface area contributed by atoms with Crippen molar-refractivity contribution in [2.45, 2.75) is 4.90 Å². The number of amides is 1. The van der Waals surface area contributed by atoms with E-state index in [1.165, 1.54) is 30.3 Å². The Bertz CT molecular complexity index is 1050. The van der Waals surface area contributed by atoms with Gasteiger partial charge in [0.2, 0.25) is 5.91 Å². The summed E-state index contributed by atoms with van der Waals surface area (Å²) in [6, 6.07) is 8.50. The molecule has 0 atom stereocenters. The summed E-state index contributed by atoms with van der Waals surface area (Å²) in [7, 11) is -4.06. The minimum absolute atomic E-state index is 0.0204. The van der Waals surface area contributed by atoms with Crippen molar-refractivity contribution >= 4 is 49.9 Å². The molecule has 0 fully saturated rings. The lowest BCUT2D eigenvalue weighted by Crippen LogP contribution is -2.22. The van der Waals surface area contributed by atoms with Gasteiger partial charge in [-0.05, 0) is 30.3 Å². The van der Waals surface area contributed by atoms with Crippen LogP contribution < -0.4 is 10.6 Å². The van der Waals surface area contributed by atoms with Gasteiger partial charge >= 0.3 is 0 Å². The van der Waals surface area contributed by atoms with Crippen molar-refractivity contribution in [1.29, 1.82) is 0 Å². The maximum Gasteiger partial charge on any atom is 0.286 e. The van der Waals surface area contributed by atoms with E-state index in [0.29, 0.717) is 5.69 Å². The number of nitro groups is 1. The second-order valence-electron chi connectivity index (χ2n) is 5.28. The molecule has 1 aliphatic rings. The summed E-state index contributed by atoms with van der Waals surface area (Å²) in [5, 5.41) is 15.8. The summed E-state index contributed by atoms with van der Waals surface area (Å²) >= 11 is 0.849. The van der Waals surface area contributed by atoms with Crippen molar-refractivity contribution in [3.63, 3.8) is 0 Å². The van der Waals surface area contributed by atoms with Gasteiger partial charge in [-0.1, -0.05) is 11.8 Å². The molecule has 0 bridgehead atoms. The monoisotopic (exact) mass is 410 g/mol. The smallest absolute Gasteiger partial charge is 0.286 e. The van der Waals surface area contributed by atoms with E-state index in [9.17, 15) is 27.7 Å². The third-order valence-electron chi connectivity index (χ3n) is 3.37. The van der Waals surface area contributed by atoms with Crippen LogP contribution in [0.3, 0.4) is 0 Å². The maximum atomic E-state index is 13.2. The Labute approximate surface area is 156 Å². The number of rotatable bonds is 4. The molecule has 9 nitrogen and oxygen atoms in total. The third-order valence-corrected chi connectivity index (χ3v) is 5.67. The molecule has 0 unspecified atom stereocenters. The Morgan fingerprint density at radius 3 is 2.63 bits per heavy atom. The van der Waals surface area contributed by atoms with E-state index in [2.05, 4.69) is 15.0 Å². The molecule has 0 spiro atoms. The number of anilines is 2. The van der Waals surface area contributed by atoms with Crippen LogP contribution in [0.5, 0.6) is 0 Å². The summed E-state index contributed by atoms with van der Waals surface area (Å²) in [4.78, 5) is 21.7. The molecule has 1 heterocycles. The van der Waals surface area contributed by atoms with Gasteiger partial charge < -0.3 is 10.6 Å². The molecule has 0 radical (unpaired) electrons. The third kappa shape index (κ3) is 4.41. The zero-order valence-electron chi connectivity index (χ0n) is 13.4. The Hall–Kier alpha value is -2.99. The normalized spacial score (nSPS) is 14.5. The SMILES string of the molecule is O=C(CSC1=NS(=O)(=O)c2cc(F)ccc2N1)Nc1ccc([N+](=O)[O-])cc1. The first-order valence-electron chi connectivity index (χ1n) is 7.33. The van der Waals surface area contributed by atoms with Gasteiger partial charge in [-0.2, -0.15) is 8.42 Å². The molecule has 3 rings (SSSR count). The summed E-state index contributed by atoms with van der Waals surface area (Å²) in [6.07, 6.45) is 0. The number of nitrogens with zero attached hydrogens (tertiary/aromatic N) is 2. The number of carbonyl (C=O) groups is 1. The summed E-state index contributed by atoms with van der Waals surface area (Å²) in [5.74, 6) is -1.32. The average Bonchev–Trinajstić information content (AvgIpc) is 2.61. The van der Waals surface area contributed by atoms with Gasteiger partial charge in [-0.15, -0.1) is 4.40 Å². The quantitative estimate of drug-likeness (QED) is 0.585. The van der Waals surface area contributed by atoms with E-state index >= 15 is 0 Å². The number of benzene rings is 2. The molecular formula is C15H11FN4O5S2. The molecule has 1 aliphatic heterocycles. The number of non-ortho nitro benzene ring substituents is 1.